The quantitative estimate of drug-likeness (QED) is 0.0344. The molecule has 0 aliphatic heterocycles. The number of hydrogen-bond acceptors (Lipinski definition) is 6. The third-order valence-electron chi connectivity index (χ3n) is 13.8. The molecule has 0 aromatic carbocycles. The monoisotopic (exact) mass is 919 g/mol. The van der Waals surface area contributed by atoms with Gasteiger partial charge in [-0.2, -0.15) is 0 Å². The molecule has 0 radical (unpaired) electrons. The van der Waals surface area contributed by atoms with Crippen molar-refractivity contribution in [1.82, 2.24) is 0 Å². The van der Waals surface area contributed by atoms with Gasteiger partial charge in [-0.05, 0) is 31.1 Å². The zero-order chi connectivity index (χ0) is 47.5. The standard InChI is InChI=1S/C59H114O6/c1-6-8-9-10-11-12-29-34-39-44-49-57(60)63-52-56(53-64-58(61)50-45-40-35-30-25-21-18-17-20-24-28-33-38-43-48-55(5)7-2)65-59(62)51-46-41-36-31-26-22-16-14-13-15-19-23-27-32-37-42-47-54(3)4/h54-56H,6-53H2,1-5H3/t55?,56-/m0/s1. The zero-order valence-corrected chi connectivity index (χ0v) is 44.6. The van der Waals surface area contributed by atoms with Crippen LogP contribution < -0.4 is 0 Å². The molecule has 386 valence electrons. The second kappa shape index (κ2) is 51.8. The van der Waals surface area contributed by atoms with Gasteiger partial charge < -0.3 is 14.2 Å². The Morgan fingerprint density at radius 1 is 0.323 bits per heavy atom. The molecule has 0 bridgehead atoms. The van der Waals surface area contributed by atoms with Crippen molar-refractivity contribution < 1.29 is 28.6 Å². The summed E-state index contributed by atoms with van der Waals surface area (Å²) in [5.74, 6) is 0.908. The van der Waals surface area contributed by atoms with E-state index in [-0.39, 0.29) is 31.1 Å². The van der Waals surface area contributed by atoms with E-state index < -0.39 is 6.10 Å². The van der Waals surface area contributed by atoms with Crippen molar-refractivity contribution in [3.63, 3.8) is 0 Å². The minimum absolute atomic E-state index is 0.0626. The first-order valence-electron chi connectivity index (χ1n) is 29.3. The maximum Gasteiger partial charge on any atom is 0.306 e. The molecule has 2 atom stereocenters. The van der Waals surface area contributed by atoms with Gasteiger partial charge in [0.2, 0.25) is 0 Å². The summed E-state index contributed by atoms with van der Waals surface area (Å²) in [7, 11) is 0. The van der Waals surface area contributed by atoms with Crippen molar-refractivity contribution >= 4 is 17.9 Å². The molecule has 6 heteroatoms. The summed E-state index contributed by atoms with van der Waals surface area (Å²) in [5.41, 5.74) is 0. The highest BCUT2D eigenvalue weighted by Gasteiger charge is 2.19. The van der Waals surface area contributed by atoms with Crippen LogP contribution >= 0.6 is 0 Å². The van der Waals surface area contributed by atoms with Gasteiger partial charge in [0.05, 0.1) is 0 Å². The molecular weight excluding hydrogens is 805 g/mol. The molecule has 0 aromatic rings. The lowest BCUT2D eigenvalue weighted by molar-refractivity contribution is -0.167. The summed E-state index contributed by atoms with van der Waals surface area (Å²) < 4.78 is 16.9. The van der Waals surface area contributed by atoms with Gasteiger partial charge in [0.25, 0.3) is 0 Å². The van der Waals surface area contributed by atoms with E-state index in [0.717, 1.165) is 69.6 Å². The summed E-state index contributed by atoms with van der Waals surface area (Å²) in [6.45, 7) is 11.5. The van der Waals surface area contributed by atoms with Crippen molar-refractivity contribution in [2.45, 2.75) is 336 Å². The molecule has 0 saturated heterocycles. The molecule has 0 heterocycles. The molecule has 0 rings (SSSR count). The van der Waals surface area contributed by atoms with Gasteiger partial charge in [-0.3, -0.25) is 14.4 Å². The lowest BCUT2D eigenvalue weighted by Gasteiger charge is -2.18. The third-order valence-corrected chi connectivity index (χ3v) is 13.8. The van der Waals surface area contributed by atoms with Crippen LogP contribution in [0.5, 0.6) is 0 Å². The normalized spacial score (nSPS) is 12.5. The summed E-state index contributed by atoms with van der Waals surface area (Å²) in [6.07, 6.45) is 55.2. The first-order valence-corrected chi connectivity index (χ1v) is 29.3. The average Bonchev–Trinajstić information content (AvgIpc) is 3.29. The fourth-order valence-electron chi connectivity index (χ4n) is 9.02. The van der Waals surface area contributed by atoms with E-state index in [1.807, 2.05) is 0 Å². The van der Waals surface area contributed by atoms with E-state index in [0.29, 0.717) is 19.3 Å². The summed E-state index contributed by atoms with van der Waals surface area (Å²) in [5, 5.41) is 0. The topological polar surface area (TPSA) is 78.9 Å². The number of hydrogen-bond donors (Lipinski definition) is 0. The Labute approximate surface area is 406 Å². The van der Waals surface area contributed by atoms with Crippen molar-refractivity contribution in [2.24, 2.45) is 11.8 Å². The van der Waals surface area contributed by atoms with Gasteiger partial charge in [-0.1, -0.05) is 291 Å². The van der Waals surface area contributed by atoms with Crippen LogP contribution in [-0.2, 0) is 28.6 Å². The first-order chi connectivity index (χ1) is 31.8. The summed E-state index contributed by atoms with van der Waals surface area (Å²) in [6, 6.07) is 0. The van der Waals surface area contributed by atoms with Crippen LogP contribution in [0, 0.1) is 11.8 Å². The third kappa shape index (κ3) is 51.6. The largest absolute Gasteiger partial charge is 0.462 e. The van der Waals surface area contributed by atoms with Crippen LogP contribution in [0.3, 0.4) is 0 Å². The van der Waals surface area contributed by atoms with Crippen molar-refractivity contribution in [2.75, 3.05) is 13.2 Å². The molecular formula is C59H114O6. The highest BCUT2D eigenvalue weighted by molar-refractivity contribution is 5.71. The van der Waals surface area contributed by atoms with E-state index in [1.54, 1.807) is 0 Å². The Morgan fingerprint density at radius 3 is 0.877 bits per heavy atom. The second-order valence-corrected chi connectivity index (χ2v) is 21.0. The van der Waals surface area contributed by atoms with Gasteiger partial charge >= 0.3 is 17.9 Å². The molecule has 0 spiro atoms. The predicted octanol–water partition coefficient (Wildman–Crippen LogP) is 19.3. The minimum atomic E-state index is -0.762. The molecule has 0 aliphatic carbocycles. The SMILES string of the molecule is CCCCCCCCCCCCC(=O)OC[C@@H](COC(=O)CCCCCCCCCCCCCCCCC(C)CC)OC(=O)CCCCCCCCCCCCCCCCCCC(C)C. The van der Waals surface area contributed by atoms with Gasteiger partial charge in [-0.15, -0.1) is 0 Å². The van der Waals surface area contributed by atoms with E-state index in [4.69, 9.17) is 14.2 Å². The smallest absolute Gasteiger partial charge is 0.306 e. The van der Waals surface area contributed by atoms with Crippen molar-refractivity contribution in [1.29, 1.82) is 0 Å². The van der Waals surface area contributed by atoms with Crippen LogP contribution in [0.2, 0.25) is 0 Å². The van der Waals surface area contributed by atoms with Gasteiger partial charge in [-0.25, -0.2) is 0 Å². The van der Waals surface area contributed by atoms with Gasteiger partial charge in [0, 0.05) is 19.3 Å². The molecule has 0 saturated carbocycles. The van der Waals surface area contributed by atoms with Crippen molar-refractivity contribution in [3.8, 4) is 0 Å². The maximum atomic E-state index is 12.8. The van der Waals surface area contributed by atoms with E-state index in [2.05, 4.69) is 34.6 Å². The maximum absolute atomic E-state index is 12.8. The summed E-state index contributed by atoms with van der Waals surface area (Å²) >= 11 is 0. The number of esters is 3. The predicted molar refractivity (Wildman–Crippen MR) is 280 cm³/mol. The van der Waals surface area contributed by atoms with Crippen LogP contribution in [-0.4, -0.2) is 37.2 Å². The Bertz CT molecular complexity index is 995. The fourth-order valence-corrected chi connectivity index (χ4v) is 9.02. The van der Waals surface area contributed by atoms with Crippen molar-refractivity contribution in [3.05, 3.63) is 0 Å². The fraction of sp³-hybridized carbons (Fsp3) is 0.949. The minimum Gasteiger partial charge on any atom is -0.462 e. The summed E-state index contributed by atoms with van der Waals surface area (Å²) in [4.78, 5) is 38.1. The Kier molecular flexibility index (Phi) is 50.5. The lowest BCUT2D eigenvalue weighted by atomic mass is 9.99. The number of unbranched alkanes of at least 4 members (excludes halogenated alkanes) is 37. The van der Waals surface area contributed by atoms with Gasteiger partial charge in [0.15, 0.2) is 6.10 Å². The van der Waals surface area contributed by atoms with Crippen LogP contribution in [0.4, 0.5) is 0 Å². The second-order valence-electron chi connectivity index (χ2n) is 21.0. The molecule has 0 amide bonds. The molecule has 6 nitrogen and oxygen atoms in total. The lowest BCUT2D eigenvalue weighted by Crippen LogP contribution is -2.30. The van der Waals surface area contributed by atoms with E-state index in [1.165, 1.54) is 218 Å². The number of rotatable bonds is 53. The molecule has 0 N–H and O–H groups in total. The highest BCUT2D eigenvalue weighted by atomic mass is 16.6. The number of carbonyl (C=O) groups is 3. The van der Waals surface area contributed by atoms with E-state index >= 15 is 0 Å². The Morgan fingerprint density at radius 2 is 0.585 bits per heavy atom. The van der Waals surface area contributed by atoms with Crippen LogP contribution in [0.1, 0.15) is 330 Å². The van der Waals surface area contributed by atoms with Crippen LogP contribution in [0.15, 0.2) is 0 Å². The molecule has 0 aromatic heterocycles. The van der Waals surface area contributed by atoms with Crippen LogP contribution in [0.25, 0.3) is 0 Å². The molecule has 65 heavy (non-hydrogen) atoms. The Hall–Kier alpha value is -1.59. The Balaban J connectivity index is 4.23. The molecule has 0 fully saturated rings. The highest BCUT2D eigenvalue weighted by Crippen LogP contribution is 2.19. The van der Waals surface area contributed by atoms with E-state index in [9.17, 15) is 14.4 Å². The zero-order valence-electron chi connectivity index (χ0n) is 44.6. The molecule has 0 aliphatic rings. The first kappa shape index (κ1) is 63.4. The van der Waals surface area contributed by atoms with Gasteiger partial charge in [0.1, 0.15) is 13.2 Å². The molecule has 1 unspecified atom stereocenters. The average molecular weight is 920 g/mol. The number of ether oxygens (including phenoxy) is 3. The number of carbonyl (C=O) groups excluding carboxylic acids is 3.